The number of likely N-dealkylation sites (N-methyl/N-ethyl adjacent to an activating group) is 1. The summed E-state index contributed by atoms with van der Waals surface area (Å²) in [5.74, 6) is 1.50. The largest absolute Gasteiger partial charge is 0.351 e. The van der Waals surface area contributed by atoms with Gasteiger partial charge in [0.25, 0.3) is 0 Å². The second kappa shape index (κ2) is 9.73. The molecule has 30 heavy (non-hydrogen) atoms. The number of anilines is 1. The molecule has 4 rings (SSSR count). The highest BCUT2D eigenvalue weighted by molar-refractivity contribution is 5.81. The van der Waals surface area contributed by atoms with Crippen molar-refractivity contribution in [2.45, 2.75) is 44.6 Å². The molecule has 1 aromatic heterocycles. The lowest BCUT2D eigenvalue weighted by Gasteiger charge is -2.34. The van der Waals surface area contributed by atoms with Crippen molar-refractivity contribution in [3.8, 4) is 0 Å². The van der Waals surface area contributed by atoms with Gasteiger partial charge in [-0.15, -0.1) is 5.10 Å². The van der Waals surface area contributed by atoms with Gasteiger partial charge in [0.2, 0.25) is 11.8 Å². The fourth-order valence-corrected chi connectivity index (χ4v) is 5.10. The average Bonchev–Trinajstić information content (AvgIpc) is 3.46. The number of carbonyl (C=O) groups excluding carboxylic acids is 2. The van der Waals surface area contributed by atoms with Crippen LogP contribution in [-0.4, -0.2) is 95.6 Å². The molecular weight excluding hydrogens is 380 g/mol. The SMILES string of the molecule is CN(CC(=O)N1CCC(C(=O)N2CCCC2)CC1)CC1CCCN1c1cccnn1. The minimum Gasteiger partial charge on any atom is -0.351 e. The third kappa shape index (κ3) is 4.91. The van der Waals surface area contributed by atoms with Crippen LogP contribution in [0.15, 0.2) is 18.3 Å². The number of rotatable bonds is 6. The van der Waals surface area contributed by atoms with E-state index in [0.29, 0.717) is 31.6 Å². The van der Waals surface area contributed by atoms with Crippen LogP contribution in [0.2, 0.25) is 0 Å². The zero-order valence-electron chi connectivity index (χ0n) is 18.1. The first-order valence-electron chi connectivity index (χ1n) is 11.4. The highest BCUT2D eigenvalue weighted by Gasteiger charge is 2.32. The zero-order valence-corrected chi connectivity index (χ0v) is 18.1. The van der Waals surface area contributed by atoms with Crippen LogP contribution in [0.3, 0.4) is 0 Å². The zero-order chi connectivity index (χ0) is 20.9. The number of carbonyl (C=O) groups is 2. The molecule has 0 spiro atoms. The quantitative estimate of drug-likeness (QED) is 0.697. The van der Waals surface area contributed by atoms with Crippen LogP contribution in [0.1, 0.15) is 38.5 Å². The molecule has 0 aromatic carbocycles. The lowest BCUT2D eigenvalue weighted by Crippen LogP contribution is -2.48. The van der Waals surface area contributed by atoms with E-state index in [2.05, 4.69) is 20.0 Å². The first kappa shape index (κ1) is 21.0. The van der Waals surface area contributed by atoms with Crippen LogP contribution in [0, 0.1) is 5.92 Å². The second-order valence-electron chi connectivity index (χ2n) is 8.96. The van der Waals surface area contributed by atoms with Crippen molar-refractivity contribution < 1.29 is 9.59 Å². The van der Waals surface area contributed by atoms with Crippen molar-refractivity contribution >= 4 is 17.6 Å². The Labute approximate surface area is 179 Å². The molecule has 0 saturated carbocycles. The molecule has 1 atom stereocenters. The standard InChI is InChI=1S/C22H34N6O2/c1-25(16-19-6-5-13-28(19)20-7-4-10-23-24-20)17-21(29)26-14-8-18(9-15-26)22(30)27-11-2-3-12-27/h4,7,10,18-19H,2-3,5-6,8-9,11-17H2,1H3. The van der Waals surface area contributed by atoms with Crippen LogP contribution in [-0.2, 0) is 9.59 Å². The number of hydrogen-bond donors (Lipinski definition) is 0. The first-order valence-corrected chi connectivity index (χ1v) is 11.4. The summed E-state index contributed by atoms with van der Waals surface area (Å²) >= 11 is 0. The van der Waals surface area contributed by atoms with E-state index in [-0.39, 0.29) is 11.8 Å². The van der Waals surface area contributed by atoms with E-state index in [9.17, 15) is 9.59 Å². The molecule has 8 nitrogen and oxygen atoms in total. The molecule has 0 N–H and O–H groups in total. The van der Waals surface area contributed by atoms with Crippen molar-refractivity contribution in [1.82, 2.24) is 24.9 Å². The molecule has 1 aromatic rings. The van der Waals surface area contributed by atoms with E-state index in [1.54, 1.807) is 6.20 Å². The van der Waals surface area contributed by atoms with E-state index in [4.69, 9.17) is 0 Å². The summed E-state index contributed by atoms with van der Waals surface area (Å²) in [4.78, 5) is 33.8. The monoisotopic (exact) mass is 414 g/mol. The Morgan fingerprint density at radius 2 is 1.80 bits per heavy atom. The third-order valence-electron chi connectivity index (χ3n) is 6.77. The van der Waals surface area contributed by atoms with Crippen LogP contribution < -0.4 is 4.90 Å². The fourth-order valence-electron chi connectivity index (χ4n) is 5.10. The summed E-state index contributed by atoms with van der Waals surface area (Å²) < 4.78 is 0. The maximum atomic E-state index is 12.8. The van der Waals surface area contributed by atoms with Crippen molar-refractivity contribution in [2.24, 2.45) is 5.92 Å². The lowest BCUT2D eigenvalue weighted by molar-refractivity contribution is -0.140. The summed E-state index contributed by atoms with van der Waals surface area (Å²) in [5.41, 5.74) is 0. The maximum Gasteiger partial charge on any atom is 0.236 e. The molecule has 0 radical (unpaired) electrons. The smallest absolute Gasteiger partial charge is 0.236 e. The minimum atomic E-state index is 0.101. The van der Waals surface area contributed by atoms with Gasteiger partial charge in [-0.1, -0.05) is 0 Å². The van der Waals surface area contributed by atoms with Crippen LogP contribution in [0.25, 0.3) is 0 Å². The molecule has 3 aliphatic heterocycles. The maximum absolute atomic E-state index is 12.8. The van der Waals surface area contributed by atoms with Gasteiger partial charge < -0.3 is 14.7 Å². The number of hydrogen-bond acceptors (Lipinski definition) is 6. The first-order chi connectivity index (χ1) is 14.6. The van der Waals surface area contributed by atoms with E-state index >= 15 is 0 Å². The number of likely N-dealkylation sites (tertiary alicyclic amines) is 2. The van der Waals surface area contributed by atoms with Crippen LogP contribution in [0.5, 0.6) is 0 Å². The van der Waals surface area contributed by atoms with Crippen molar-refractivity contribution in [1.29, 1.82) is 0 Å². The molecule has 0 bridgehead atoms. The van der Waals surface area contributed by atoms with Crippen molar-refractivity contribution in [2.75, 3.05) is 57.8 Å². The molecule has 4 heterocycles. The Kier molecular flexibility index (Phi) is 6.82. The van der Waals surface area contributed by atoms with E-state index in [1.165, 1.54) is 0 Å². The molecule has 2 amide bonds. The van der Waals surface area contributed by atoms with Gasteiger partial charge >= 0.3 is 0 Å². The van der Waals surface area contributed by atoms with E-state index < -0.39 is 0 Å². The highest BCUT2D eigenvalue weighted by atomic mass is 16.2. The molecule has 3 aliphatic rings. The van der Waals surface area contributed by atoms with Gasteiger partial charge in [-0.05, 0) is 57.7 Å². The predicted molar refractivity (Wildman–Crippen MR) is 115 cm³/mol. The summed E-state index contributed by atoms with van der Waals surface area (Å²) in [5, 5.41) is 8.26. The Hall–Kier alpha value is -2.22. The van der Waals surface area contributed by atoms with Crippen molar-refractivity contribution in [3.63, 3.8) is 0 Å². The van der Waals surface area contributed by atoms with Crippen LogP contribution in [0.4, 0.5) is 5.82 Å². The number of amides is 2. The van der Waals surface area contributed by atoms with Gasteiger partial charge in [0.05, 0.1) is 6.54 Å². The number of piperidine rings is 1. The molecule has 3 saturated heterocycles. The molecule has 1 unspecified atom stereocenters. The van der Waals surface area contributed by atoms with E-state index in [1.807, 2.05) is 29.0 Å². The molecule has 3 fully saturated rings. The molecule has 164 valence electrons. The lowest BCUT2D eigenvalue weighted by atomic mass is 9.95. The minimum absolute atomic E-state index is 0.101. The highest BCUT2D eigenvalue weighted by Crippen LogP contribution is 2.24. The van der Waals surface area contributed by atoms with Gasteiger partial charge in [0.1, 0.15) is 0 Å². The van der Waals surface area contributed by atoms with Crippen LogP contribution >= 0.6 is 0 Å². The van der Waals surface area contributed by atoms with Gasteiger partial charge in [0.15, 0.2) is 5.82 Å². The normalized spacial score (nSPS) is 22.9. The topological polar surface area (TPSA) is 72.9 Å². The van der Waals surface area contributed by atoms with Gasteiger partial charge in [-0.2, -0.15) is 5.10 Å². The number of nitrogens with zero attached hydrogens (tertiary/aromatic N) is 6. The number of aromatic nitrogens is 2. The Balaban J connectivity index is 1.23. The Morgan fingerprint density at radius 1 is 1.03 bits per heavy atom. The third-order valence-corrected chi connectivity index (χ3v) is 6.77. The summed E-state index contributed by atoms with van der Waals surface area (Å²) in [6.07, 6.45) is 7.80. The fraction of sp³-hybridized carbons (Fsp3) is 0.727. The molecule has 0 aliphatic carbocycles. The summed E-state index contributed by atoms with van der Waals surface area (Å²) in [7, 11) is 2.02. The predicted octanol–water partition coefficient (Wildman–Crippen LogP) is 1.24. The van der Waals surface area contributed by atoms with Gasteiger partial charge in [-0.25, -0.2) is 0 Å². The summed E-state index contributed by atoms with van der Waals surface area (Å²) in [6, 6.07) is 4.29. The van der Waals surface area contributed by atoms with Crippen molar-refractivity contribution in [3.05, 3.63) is 18.3 Å². The second-order valence-corrected chi connectivity index (χ2v) is 8.96. The van der Waals surface area contributed by atoms with Gasteiger partial charge in [-0.3, -0.25) is 14.5 Å². The summed E-state index contributed by atoms with van der Waals surface area (Å²) in [6.45, 7) is 5.48. The van der Waals surface area contributed by atoms with E-state index in [0.717, 1.165) is 70.5 Å². The molecule has 8 heteroatoms. The average molecular weight is 415 g/mol. The Morgan fingerprint density at radius 3 is 2.50 bits per heavy atom. The van der Waals surface area contributed by atoms with Gasteiger partial charge in [0, 0.05) is 57.4 Å². The molecular formula is C22H34N6O2. The Bertz CT molecular complexity index is 716.